The average molecular weight is 352 g/mol. The van der Waals surface area contributed by atoms with Gasteiger partial charge in [-0.3, -0.25) is 0 Å². The van der Waals surface area contributed by atoms with Crippen LogP contribution in [0.4, 0.5) is 0 Å². The molecule has 0 aliphatic carbocycles. The van der Waals surface area contributed by atoms with Crippen LogP contribution in [0.3, 0.4) is 0 Å². The van der Waals surface area contributed by atoms with E-state index in [0.717, 1.165) is 10.6 Å². The molecular formula is C18H20BrCl. The third-order valence-corrected chi connectivity index (χ3v) is 5.38. The molecule has 0 aliphatic heterocycles. The maximum atomic E-state index is 6.43. The van der Waals surface area contributed by atoms with Crippen LogP contribution >= 0.6 is 27.5 Å². The first-order chi connectivity index (χ1) is 9.32. The molecule has 106 valence electrons. The first kappa shape index (κ1) is 15.6. The second-order valence-corrected chi connectivity index (χ2v) is 6.88. The quantitative estimate of drug-likeness (QED) is 0.552. The van der Waals surface area contributed by atoms with E-state index in [9.17, 15) is 0 Å². The first-order valence-electron chi connectivity index (χ1n) is 6.80. The van der Waals surface area contributed by atoms with E-state index in [1.54, 1.807) is 0 Å². The van der Waals surface area contributed by atoms with Crippen molar-refractivity contribution >= 4 is 27.5 Å². The Kier molecular flexibility index (Phi) is 4.61. The van der Waals surface area contributed by atoms with E-state index in [1.807, 2.05) is 6.07 Å². The van der Waals surface area contributed by atoms with E-state index >= 15 is 0 Å². The normalized spacial score (nSPS) is 12.6. The molecule has 2 aromatic carbocycles. The van der Waals surface area contributed by atoms with Crippen molar-refractivity contribution in [3.05, 3.63) is 68.2 Å². The van der Waals surface area contributed by atoms with Crippen molar-refractivity contribution in [3.63, 3.8) is 0 Å². The lowest BCUT2D eigenvalue weighted by Gasteiger charge is -2.21. The van der Waals surface area contributed by atoms with E-state index in [4.69, 9.17) is 11.6 Å². The lowest BCUT2D eigenvalue weighted by Crippen LogP contribution is -2.03. The summed E-state index contributed by atoms with van der Waals surface area (Å²) in [5.74, 6) is 0. The van der Waals surface area contributed by atoms with Crippen LogP contribution in [-0.2, 0) is 0 Å². The molecule has 0 saturated carbocycles. The van der Waals surface area contributed by atoms with Gasteiger partial charge in [-0.1, -0.05) is 45.7 Å². The van der Waals surface area contributed by atoms with Crippen LogP contribution in [0.25, 0.3) is 0 Å². The second-order valence-electron chi connectivity index (χ2n) is 5.56. The maximum Gasteiger partial charge on any atom is 0.0664 e. The number of aryl methyl sites for hydroxylation is 3. The first-order valence-corrected chi connectivity index (χ1v) is 8.09. The molecule has 1 atom stereocenters. The Hall–Kier alpha value is -0.790. The van der Waals surface area contributed by atoms with Crippen molar-refractivity contribution in [3.8, 4) is 0 Å². The fraction of sp³-hybridized carbons (Fsp3) is 0.333. The Morgan fingerprint density at radius 2 is 1.45 bits per heavy atom. The predicted molar refractivity (Wildman–Crippen MR) is 92.3 cm³/mol. The van der Waals surface area contributed by atoms with Gasteiger partial charge in [-0.25, -0.2) is 0 Å². The average Bonchev–Trinajstić information content (AvgIpc) is 2.36. The lowest BCUT2D eigenvalue weighted by molar-refractivity contribution is 1.07. The molecule has 2 aromatic rings. The van der Waals surface area contributed by atoms with Gasteiger partial charge in [0.15, 0.2) is 0 Å². The number of rotatable bonds is 2. The highest BCUT2D eigenvalue weighted by molar-refractivity contribution is 9.09. The molecule has 0 amide bonds. The maximum absolute atomic E-state index is 6.43. The summed E-state index contributed by atoms with van der Waals surface area (Å²) in [6, 6.07) is 8.51. The van der Waals surface area contributed by atoms with E-state index in [1.165, 1.54) is 33.4 Å². The summed E-state index contributed by atoms with van der Waals surface area (Å²) in [6.07, 6.45) is 0. The predicted octanol–water partition coefficient (Wildman–Crippen LogP) is 6.37. The summed E-state index contributed by atoms with van der Waals surface area (Å²) in [7, 11) is 0. The lowest BCUT2D eigenvalue weighted by atomic mass is 9.90. The van der Waals surface area contributed by atoms with Gasteiger partial charge in [0.1, 0.15) is 0 Å². The minimum absolute atomic E-state index is 0.134. The molecule has 0 saturated heterocycles. The zero-order valence-corrected chi connectivity index (χ0v) is 15.0. The molecule has 0 spiro atoms. The second kappa shape index (κ2) is 5.91. The number of alkyl halides is 1. The van der Waals surface area contributed by atoms with Crippen LogP contribution in [0.1, 0.15) is 43.8 Å². The van der Waals surface area contributed by atoms with E-state index < -0.39 is 0 Å². The van der Waals surface area contributed by atoms with Crippen LogP contribution in [0.15, 0.2) is 24.3 Å². The third kappa shape index (κ3) is 2.80. The van der Waals surface area contributed by atoms with Crippen molar-refractivity contribution in [1.29, 1.82) is 0 Å². The molecule has 1 unspecified atom stereocenters. The molecule has 0 heterocycles. The van der Waals surface area contributed by atoms with Crippen molar-refractivity contribution in [2.24, 2.45) is 0 Å². The number of hydrogen-bond donors (Lipinski definition) is 0. The zero-order chi connectivity index (χ0) is 15.0. The molecule has 0 bridgehead atoms. The van der Waals surface area contributed by atoms with Gasteiger partial charge < -0.3 is 0 Å². The van der Waals surface area contributed by atoms with E-state index in [-0.39, 0.29) is 4.83 Å². The molecule has 2 rings (SSSR count). The van der Waals surface area contributed by atoms with Gasteiger partial charge in [0.05, 0.1) is 4.83 Å². The smallest absolute Gasteiger partial charge is 0.0664 e. The van der Waals surface area contributed by atoms with Crippen molar-refractivity contribution in [2.45, 2.75) is 39.4 Å². The van der Waals surface area contributed by atoms with Crippen molar-refractivity contribution < 1.29 is 0 Å². The Morgan fingerprint density at radius 1 is 0.900 bits per heavy atom. The third-order valence-electron chi connectivity index (χ3n) is 4.11. The van der Waals surface area contributed by atoms with Crippen LogP contribution in [-0.4, -0.2) is 0 Å². The molecule has 20 heavy (non-hydrogen) atoms. The summed E-state index contributed by atoms with van der Waals surface area (Å²) in [5.41, 5.74) is 9.00. The fourth-order valence-corrected chi connectivity index (χ4v) is 4.18. The molecule has 0 aromatic heterocycles. The van der Waals surface area contributed by atoms with E-state index in [2.05, 4.69) is 68.7 Å². The number of benzene rings is 2. The highest BCUT2D eigenvalue weighted by Gasteiger charge is 2.20. The molecule has 0 nitrogen and oxygen atoms in total. The van der Waals surface area contributed by atoms with Gasteiger partial charge in [0, 0.05) is 5.02 Å². The standard InChI is InChI=1S/C18H20BrCl/c1-10-6-7-15(16(20)8-10)18(19)17-13(4)11(2)9-12(3)14(17)5/h6-9,18H,1-5H3. The van der Waals surface area contributed by atoms with Crippen LogP contribution < -0.4 is 0 Å². The Bertz CT molecular complexity index is 633. The van der Waals surface area contributed by atoms with Gasteiger partial charge in [-0.05, 0) is 79.6 Å². The Labute approximate surface area is 135 Å². The van der Waals surface area contributed by atoms with E-state index in [0.29, 0.717) is 0 Å². The monoisotopic (exact) mass is 350 g/mol. The molecule has 0 aliphatic rings. The largest absolute Gasteiger partial charge is 0.0840 e. The number of halogens is 2. The Morgan fingerprint density at radius 3 is 1.95 bits per heavy atom. The topological polar surface area (TPSA) is 0 Å². The molecular weight excluding hydrogens is 332 g/mol. The zero-order valence-electron chi connectivity index (χ0n) is 12.6. The van der Waals surface area contributed by atoms with Gasteiger partial charge in [-0.2, -0.15) is 0 Å². The fourth-order valence-electron chi connectivity index (χ4n) is 2.62. The minimum Gasteiger partial charge on any atom is -0.0840 e. The van der Waals surface area contributed by atoms with Gasteiger partial charge in [-0.15, -0.1) is 0 Å². The molecule has 0 radical (unpaired) electrons. The summed E-state index contributed by atoms with van der Waals surface area (Å²) >= 11 is 10.3. The molecule has 2 heteroatoms. The molecule has 0 N–H and O–H groups in total. The van der Waals surface area contributed by atoms with Crippen LogP contribution in [0, 0.1) is 34.6 Å². The Balaban J connectivity index is 2.62. The summed E-state index contributed by atoms with van der Waals surface area (Å²) < 4.78 is 0. The number of hydrogen-bond acceptors (Lipinski definition) is 0. The van der Waals surface area contributed by atoms with Crippen LogP contribution in [0.2, 0.25) is 5.02 Å². The van der Waals surface area contributed by atoms with Crippen LogP contribution in [0.5, 0.6) is 0 Å². The minimum atomic E-state index is 0.134. The van der Waals surface area contributed by atoms with Crippen molar-refractivity contribution in [1.82, 2.24) is 0 Å². The summed E-state index contributed by atoms with van der Waals surface area (Å²) in [6.45, 7) is 10.8. The van der Waals surface area contributed by atoms with Gasteiger partial charge >= 0.3 is 0 Å². The van der Waals surface area contributed by atoms with Gasteiger partial charge in [0.25, 0.3) is 0 Å². The van der Waals surface area contributed by atoms with Gasteiger partial charge in [0.2, 0.25) is 0 Å². The van der Waals surface area contributed by atoms with Crippen molar-refractivity contribution in [2.75, 3.05) is 0 Å². The molecule has 0 fully saturated rings. The summed E-state index contributed by atoms with van der Waals surface area (Å²) in [5, 5.41) is 0.824. The SMILES string of the molecule is Cc1ccc(C(Br)c2c(C)c(C)cc(C)c2C)c(Cl)c1. The highest BCUT2D eigenvalue weighted by Crippen LogP contribution is 2.40. The summed E-state index contributed by atoms with van der Waals surface area (Å²) in [4.78, 5) is 0.134. The highest BCUT2D eigenvalue weighted by atomic mass is 79.9.